The molecule has 1 unspecified atom stereocenters. The van der Waals surface area contributed by atoms with E-state index in [0.29, 0.717) is 5.92 Å². The average molecular weight is 275 g/mol. The summed E-state index contributed by atoms with van der Waals surface area (Å²) in [6.07, 6.45) is 1.02. The summed E-state index contributed by atoms with van der Waals surface area (Å²) in [5, 5.41) is 6.66. The minimum absolute atomic E-state index is 0.0891. The third kappa shape index (κ3) is 3.06. The predicted molar refractivity (Wildman–Crippen MR) is 84.4 cm³/mol. The van der Waals surface area contributed by atoms with Gasteiger partial charge in [0.25, 0.3) is 5.91 Å². The molecule has 0 aromatic heterocycles. The molecule has 20 heavy (non-hydrogen) atoms. The molecule has 0 spiro atoms. The Kier molecular flexibility index (Phi) is 4.53. The number of hydrogen-bond acceptors (Lipinski definition) is 3. The molecule has 0 fully saturated rings. The Morgan fingerprint density at radius 3 is 2.65 bits per heavy atom. The molecule has 1 amide bonds. The quantitative estimate of drug-likeness (QED) is 0.887. The number of fused-ring (bicyclic) bond motifs is 1. The van der Waals surface area contributed by atoms with E-state index < -0.39 is 0 Å². The maximum absolute atomic E-state index is 12.7. The molecule has 0 saturated heterocycles. The molecule has 4 heteroatoms. The van der Waals surface area contributed by atoms with Crippen molar-refractivity contribution >= 4 is 17.3 Å². The second-order valence-electron chi connectivity index (χ2n) is 5.98. The van der Waals surface area contributed by atoms with Crippen molar-refractivity contribution in [3.8, 4) is 0 Å². The maximum atomic E-state index is 12.7. The fourth-order valence-electron chi connectivity index (χ4n) is 2.68. The molecular weight excluding hydrogens is 250 g/mol. The number of nitrogens with zero attached hydrogens (tertiary/aromatic N) is 1. The van der Waals surface area contributed by atoms with Gasteiger partial charge in [-0.15, -0.1) is 0 Å². The van der Waals surface area contributed by atoms with E-state index in [9.17, 15) is 4.79 Å². The van der Waals surface area contributed by atoms with E-state index in [0.717, 1.165) is 36.4 Å². The zero-order chi connectivity index (χ0) is 14.7. The molecule has 0 aliphatic carbocycles. The predicted octanol–water partition coefficient (Wildman–Crippen LogP) is 3.03. The number of carbonyl (C=O) groups excluding carboxylic acids is 1. The van der Waals surface area contributed by atoms with Crippen LogP contribution in [0, 0.1) is 5.92 Å². The Labute approximate surface area is 121 Å². The van der Waals surface area contributed by atoms with Gasteiger partial charge in [-0.25, -0.2) is 0 Å². The van der Waals surface area contributed by atoms with Crippen LogP contribution >= 0.6 is 0 Å². The molecule has 1 aliphatic rings. The number of carbonyl (C=O) groups is 1. The molecule has 1 aromatic rings. The van der Waals surface area contributed by atoms with E-state index in [4.69, 9.17) is 0 Å². The lowest BCUT2D eigenvalue weighted by Gasteiger charge is -2.29. The Balaban J connectivity index is 2.21. The maximum Gasteiger partial charge on any atom is 0.256 e. The second kappa shape index (κ2) is 6.16. The SMILES string of the molecule is CC(C)CC(C)N(C)C(=O)c1cccc2c1NCCN2. The van der Waals surface area contributed by atoms with Crippen LogP contribution in [0.15, 0.2) is 18.2 Å². The minimum atomic E-state index is 0.0891. The highest BCUT2D eigenvalue weighted by Crippen LogP contribution is 2.29. The van der Waals surface area contributed by atoms with Crippen molar-refractivity contribution in [2.24, 2.45) is 5.92 Å². The van der Waals surface area contributed by atoms with Crippen molar-refractivity contribution in [3.05, 3.63) is 23.8 Å². The fraction of sp³-hybridized carbons (Fsp3) is 0.562. The number of nitrogens with one attached hydrogen (secondary N) is 2. The van der Waals surface area contributed by atoms with Crippen LogP contribution in [-0.2, 0) is 0 Å². The van der Waals surface area contributed by atoms with Crippen LogP contribution in [0.2, 0.25) is 0 Å². The monoisotopic (exact) mass is 275 g/mol. The number of hydrogen-bond donors (Lipinski definition) is 2. The number of anilines is 2. The Morgan fingerprint density at radius 1 is 1.25 bits per heavy atom. The molecule has 0 bridgehead atoms. The molecule has 2 rings (SSSR count). The summed E-state index contributed by atoms with van der Waals surface area (Å²) in [5.74, 6) is 0.677. The largest absolute Gasteiger partial charge is 0.382 e. The first-order valence-electron chi connectivity index (χ1n) is 7.38. The highest BCUT2D eigenvalue weighted by molar-refractivity contribution is 6.02. The summed E-state index contributed by atoms with van der Waals surface area (Å²) in [4.78, 5) is 14.6. The molecule has 1 aliphatic heterocycles. The average Bonchev–Trinajstić information content (AvgIpc) is 2.44. The summed E-state index contributed by atoms with van der Waals surface area (Å²) >= 11 is 0. The number of rotatable bonds is 4. The van der Waals surface area contributed by atoms with Crippen LogP contribution in [0.25, 0.3) is 0 Å². The highest BCUT2D eigenvalue weighted by atomic mass is 16.2. The van der Waals surface area contributed by atoms with Gasteiger partial charge in [0.1, 0.15) is 0 Å². The lowest BCUT2D eigenvalue weighted by atomic mass is 10.0. The third-order valence-corrected chi connectivity index (χ3v) is 3.83. The first-order chi connectivity index (χ1) is 9.50. The Bertz CT molecular complexity index is 485. The summed E-state index contributed by atoms with van der Waals surface area (Å²) in [6.45, 7) is 8.22. The first kappa shape index (κ1) is 14.7. The molecule has 0 saturated carbocycles. The molecular formula is C16H25N3O. The normalized spacial score (nSPS) is 15.1. The number of para-hydroxylation sites is 1. The molecule has 1 heterocycles. The fourth-order valence-corrected chi connectivity index (χ4v) is 2.68. The first-order valence-corrected chi connectivity index (χ1v) is 7.38. The van der Waals surface area contributed by atoms with Gasteiger partial charge in [-0.1, -0.05) is 19.9 Å². The van der Waals surface area contributed by atoms with E-state index in [1.807, 2.05) is 30.1 Å². The molecule has 1 aromatic carbocycles. The Hall–Kier alpha value is -1.71. The van der Waals surface area contributed by atoms with Crippen LogP contribution in [0.5, 0.6) is 0 Å². The summed E-state index contributed by atoms with van der Waals surface area (Å²) in [7, 11) is 1.89. The highest BCUT2D eigenvalue weighted by Gasteiger charge is 2.23. The van der Waals surface area contributed by atoms with E-state index in [2.05, 4.69) is 31.4 Å². The molecule has 110 valence electrons. The minimum Gasteiger partial charge on any atom is -0.382 e. The zero-order valence-electron chi connectivity index (χ0n) is 12.9. The van der Waals surface area contributed by atoms with Gasteiger partial charge in [0.2, 0.25) is 0 Å². The van der Waals surface area contributed by atoms with Crippen molar-refractivity contribution in [2.75, 3.05) is 30.8 Å². The van der Waals surface area contributed by atoms with Gasteiger partial charge >= 0.3 is 0 Å². The van der Waals surface area contributed by atoms with Gasteiger partial charge in [0.15, 0.2) is 0 Å². The Morgan fingerprint density at radius 2 is 1.95 bits per heavy atom. The van der Waals surface area contributed by atoms with Gasteiger partial charge in [0, 0.05) is 26.2 Å². The summed E-state index contributed by atoms with van der Waals surface area (Å²) < 4.78 is 0. The zero-order valence-corrected chi connectivity index (χ0v) is 12.9. The van der Waals surface area contributed by atoms with E-state index in [-0.39, 0.29) is 11.9 Å². The van der Waals surface area contributed by atoms with Gasteiger partial charge in [-0.05, 0) is 31.4 Å². The number of benzene rings is 1. The van der Waals surface area contributed by atoms with Gasteiger partial charge < -0.3 is 15.5 Å². The smallest absolute Gasteiger partial charge is 0.256 e. The number of amides is 1. The lowest BCUT2D eigenvalue weighted by molar-refractivity contribution is 0.0729. The topological polar surface area (TPSA) is 44.4 Å². The summed E-state index contributed by atoms with van der Waals surface area (Å²) in [6, 6.07) is 6.10. The van der Waals surface area contributed by atoms with Crippen LogP contribution in [0.4, 0.5) is 11.4 Å². The third-order valence-electron chi connectivity index (χ3n) is 3.83. The second-order valence-corrected chi connectivity index (χ2v) is 5.98. The van der Waals surface area contributed by atoms with Crippen molar-refractivity contribution < 1.29 is 4.79 Å². The van der Waals surface area contributed by atoms with Crippen molar-refractivity contribution in [3.63, 3.8) is 0 Å². The molecule has 2 N–H and O–H groups in total. The van der Waals surface area contributed by atoms with E-state index in [1.165, 1.54) is 0 Å². The van der Waals surface area contributed by atoms with Crippen molar-refractivity contribution in [1.82, 2.24) is 4.90 Å². The van der Waals surface area contributed by atoms with Crippen LogP contribution in [-0.4, -0.2) is 37.0 Å². The van der Waals surface area contributed by atoms with Crippen LogP contribution < -0.4 is 10.6 Å². The van der Waals surface area contributed by atoms with Crippen LogP contribution in [0.3, 0.4) is 0 Å². The molecule has 4 nitrogen and oxygen atoms in total. The van der Waals surface area contributed by atoms with Gasteiger partial charge in [-0.2, -0.15) is 0 Å². The van der Waals surface area contributed by atoms with Crippen molar-refractivity contribution in [2.45, 2.75) is 33.2 Å². The van der Waals surface area contributed by atoms with Gasteiger partial charge in [-0.3, -0.25) is 4.79 Å². The summed E-state index contributed by atoms with van der Waals surface area (Å²) in [5.41, 5.74) is 2.71. The lowest BCUT2D eigenvalue weighted by Crippen LogP contribution is -2.36. The van der Waals surface area contributed by atoms with E-state index >= 15 is 0 Å². The standard InChI is InChI=1S/C16H25N3O/c1-11(2)10-12(3)19(4)16(20)13-6-5-7-14-15(13)18-9-8-17-14/h5-7,11-12,17-18H,8-10H2,1-4H3. The molecule has 0 radical (unpaired) electrons. The molecule has 1 atom stereocenters. The van der Waals surface area contributed by atoms with Crippen molar-refractivity contribution in [1.29, 1.82) is 0 Å². The van der Waals surface area contributed by atoms with Crippen LogP contribution in [0.1, 0.15) is 37.6 Å². The van der Waals surface area contributed by atoms with E-state index in [1.54, 1.807) is 0 Å². The van der Waals surface area contributed by atoms with Gasteiger partial charge in [0.05, 0.1) is 16.9 Å².